The summed E-state index contributed by atoms with van der Waals surface area (Å²) in [6.45, 7) is 0.277. The van der Waals surface area contributed by atoms with Crippen molar-refractivity contribution in [2.45, 2.75) is 17.3 Å². The molecule has 20 heavy (non-hydrogen) atoms. The lowest BCUT2D eigenvalue weighted by atomic mass is 10.2. The van der Waals surface area contributed by atoms with Gasteiger partial charge in [0.25, 0.3) is 0 Å². The van der Waals surface area contributed by atoms with E-state index in [0.717, 1.165) is 11.6 Å². The van der Waals surface area contributed by atoms with Gasteiger partial charge in [-0.05, 0) is 40.6 Å². The Bertz CT molecular complexity index is 686. The smallest absolute Gasteiger partial charge is 0.207 e. The van der Waals surface area contributed by atoms with E-state index in [0.29, 0.717) is 0 Å². The summed E-state index contributed by atoms with van der Waals surface area (Å²) in [5.41, 5.74) is 1.09. The van der Waals surface area contributed by atoms with Crippen molar-refractivity contribution < 1.29 is 12.8 Å². The van der Waals surface area contributed by atoms with Crippen molar-refractivity contribution in [2.24, 2.45) is 0 Å². The van der Waals surface area contributed by atoms with Crippen molar-refractivity contribution in [3.63, 3.8) is 0 Å². The number of sulfonamides is 1. The van der Waals surface area contributed by atoms with E-state index in [4.69, 9.17) is 11.6 Å². The topological polar surface area (TPSA) is 37.4 Å². The molecule has 2 aromatic rings. The molecule has 1 heterocycles. The fraction of sp³-hybridized carbons (Fsp3) is 0.231. The van der Waals surface area contributed by atoms with Crippen LogP contribution in [0.15, 0.2) is 39.9 Å². The Morgan fingerprint density at radius 2 is 2.10 bits per heavy atom. The molecular formula is C13H13ClFNO2S2. The maximum Gasteiger partial charge on any atom is 0.243 e. The number of benzene rings is 1. The largest absolute Gasteiger partial charge is 0.243 e. The van der Waals surface area contributed by atoms with Gasteiger partial charge in [0.2, 0.25) is 10.0 Å². The lowest BCUT2D eigenvalue weighted by molar-refractivity contribution is 0.467. The third kappa shape index (κ3) is 3.20. The van der Waals surface area contributed by atoms with Crippen LogP contribution in [0.25, 0.3) is 0 Å². The van der Waals surface area contributed by atoms with Crippen molar-refractivity contribution in [2.75, 3.05) is 7.05 Å². The summed E-state index contributed by atoms with van der Waals surface area (Å²) in [7, 11) is -2.16. The van der Waals surface area contributed by atoms with Crippen LogP contribution in [0.2, 0.25) is 0 Å². The molecule has 0 fully saturated rings. The number of alkyl halides is 1. The SMILES string of the molecule is CN(Cc1ccsc1)S(=O)(=O)c1ccc(F)c(CCl)c1. The molecule has 2 rings (SSSR count). The van der Waals surface area contributed by atoms with Crippen molar-refractivity contribution in [3.8, 4) is 0 Å². The van der Waals surface area contributed by atoms with Crippen LogP contribution in [0.1, 0.15) is 11.1 Å². The van der Waals surface area contributed by atoms with E-state index in [1.54, 1.807) is 0 Å². The number of rotatable bonds is 5. The van der Waals surface area contributed by atoms with Gasteiger partial charge >= 0.3 is 0 Å². The minimum absolute atomic E-state index is 0.0484. The Kier molecular flexibility index (Phi) is 4.80. The summed E-state index contributed by atoms with van der Waals surface area (Å²) < 4.78 is 39.4. The van der Waals surface area contributed by atoms with Crippen LogP contribution >= 0.6 is 22.9 Å². The van der Waals surface area contributed by atoms with Crippen LogP contribution in [-0.2, 0) is 22.4 Å². The fourth-order valence-corrected chi connectivity index (χ4v) is 3.79. The van der Waals surface area contributed by atoms with Gasteiger partial charge in [-0.25, -0.2) is 12.8 Å². The van der Waals surface area contributed by atoms with E-state index < -0.39 is 15.8 Å². The third-order valence-corrected chi connectivity index (χ3v) is 5.67. The van der Waals surface area contributed by atoms with Crippen LogP contribution in [-0.4, -0.2) is 19.8 Å². The van der Waals surface area contributed by atoms with E-state index in [1.807, 2.05) is 16.8 Å². The Morgan fingerprint density at radius 1 is 1.35 bits per heavy atom. The minimum Gasteiger partial charge on any atom is -0.207 e. The Hall–Kier alpha value is -0.950. The standard InChI is InChI=1S/C13H13ClFNO2S2/c1-16(8-10-4-5-19-9-10)20(17,18)12-2-3-13(15)11(6-12)7-14/h2-6,9H,7-8H2,1H3. The molecule has 0 spiro atoms. The molecule has 0 bridgehead atoms. The van der Waals surface area contributed by atoms with Crippen molar-refractivity contribution in [1.29, 1.82) is 0 Å². The number of thiophene rings is 1. The first kappa shape index (κ1) is 15.4. The maximum absolute atomic E-state index is 13.4. The van der Waals surface area contributed by atoms with E-state index in [9.17, 15) is 12.8 Å². The van der Waals surface area contributed by atoms with Gasteiger partial charge in [-0.2, -0.15) is 15.6 Å². The van der Waals surface area contributed by atoms with Crippen molar-refractivity contribution >= 4 is 33.0 Å². The highest BCUT2D eigenvalue weighted by molar-refractivity contribution is 7.89. The van der Waals surface area contributed by atoms with Crippen molar-refractivity contribution in [1.82, 2.24) is 4.31 Å². The molecule has 0 amide bonds. The monoisotopic (exact) mass is 333 g/mol. The summed E-state index contributed by atoms with van der Waals surface area (Å²) in [5.74, 6) is -0.567. The molecule has 0 aliphatic heterocycles. The van der Waals surface area contributed by atoms with Crippen LogP contribution in [0, 0.1) is 5.82 Å². The molecule has 0 atom stereocenters. The normalized spacial score (nSPS) is 12.0. The Balaban J connectivity index is 2.29. The second kappa shape index (κ2) is 6.22. The Labute approximate surface area is 126 Å². The highest BCUT2D eigenvalue weighted by Crippen LogP contribution is 2.21. The van der Waals surface area contributed by atoms with Crippen LogP contribution < -0.4 is 0 Å². The lowest BCUT2D eigenvalue weighted by Crippen LogP contribution is -2.26. The molecule has 3 nitrogen and oxygen atoms in total. The van der Waals surface area contributed by atoms with Gasteiger partial charge in [0.1, 0.15) is 5.82 Å². The van der Waals surface area contributed by atoms with Gasteiger partial charge in [0, 0.05) is 19.2 Å². The molecule has 1 aromatic heterocycles. The van der Waals surface area contributed by atoms with Crippen LogP contribution in [0.5, 0.6) is 0 Å². The second-order valence-electron chi connectivity index (χ2n) is 4.28. The molecule has 0 radical (unpaired) electrons. The van der Waals surface area contributed by atoms with Crippen LogP contribution in [0.4, 0.5) is 4.39 Å². The molecule has 108 valence electrons. The van der Waals surface area contributed by atoms with E-state index in [2.05, 4.69) is 0 Å². The third-order valence-electron chi connectivity index (χ3n) is 2.85. The fourth-order valence-electron chi connectivity index (χ4n) is 1.72. The van der Waals surface area contributed by atoms with E-state index in [-0.39, 0.29) is 22.9 Å². The zero-order chi connectivity index (χ0) is 14.8. The minimum atomic E-state index is -3.65. The van der Waals surface area contributed by atoms with Gasteiger partial charge in [-0.3, -0.25) is 0 Å². The average Bonchev–Trinajstić information content (AvgIpc) is 2.91. The van der Waals surface area contributed by atoms with Gasteiger partial charge in [-0.15, -0.1) is 11.6 Å². The average molecular weight is 334 g/mol. The molecule has 7 heteroatoms. The summed E-state index contributed by atoms with van der Waals surface area (Å²) >= 11 is 7.11. The molecule has 0 aliphatic rings. The van der Waals surface area contributed by atoms with E-state index >= 15 is 0 Å². The molecule has 0 unspecified atom stereocenters. The molecule has 1 aromatic carbocycles. The molecule has 0 saturated carbocycles. The summed E-state index contributed by atoms with van der Waals surface area (Å²) in [5, 5.41) is 3.78. The summed E-state index contributed by atoms with van der Waals surface area (Å²) in [4.78, 5) is 0.0484. The first-order valence-electron chi connectivity index (χ1n) is 5.77. The zero-order valence-corrected chi connectivity index (χ0v) is 13.1. The van der Waals surface area contributed by atoms with Crippen LogP contribution in [0.3, 0.4) is 0 Å². The van der Waals surface area contributed by atoms with Gasteiger partial charge < -0.3 is 0 Å². The zero-order valence-electron chi connectivity index (χ0n) is 10.7. The lowest BCUT2D eigenvalue weighted by Gasteiger charge is -2.17. The second-order valence-corrected chi connectivity index (χ2v) is 7.37. The summed E-state index contributed by atoms with van der Waals surface area (Å²) in [6.07, 6.45) is 0. The maximum atomic E-state index is 13.4. The van der Waals surface area contributed by atoms with Gasteiger partial charge in [-0.1, -0.05) is 0 Å². The highest BCUT2D eigenvalue weighted by Gasteiger charge is 2.22. The number of hydrogen-bond acceptors (Lipinski definition) is 3. The molecular weight excluding hydrogens is 321 g/mol. The molecule has 0 aliphatic carbocycles. The number of hydrogen-bond donors (Lipinski definition) is 0. The summed E-state index contributed by atoms with van der Waals surface area (Å²) in [6, 6.07) is 5.53. The number of nitrogens with zero attached hydrogens (tertiary/aromatic N) is 1. The van der Waals surface area contributed by atoms with Crippen molar-refractivity contribution in [3.05, 3.63) is 52.0 Å². The first-order valence-corrected chi connectivity index (χ1v) is 8.68. The molecule has 0 N–H and O–H groups in total. The Morgan fingerprint density at radius 3 is 2.70 bits per heavy atom. The highest BCUT2D eigenvalue weighted by atomic mass is 35.5. The first-order chi connectivity index (χ1) is 9.45. The van der Waals surface area contributed by atoms with E-state index in [1.165, 1.54) is 34.8 Å². The predicted octanol–water partition coefficient (Wildman–Crippen LogP) is 3.45. The predicted molar refractivity (Wildman–Crippen MR) is 78.9 cm³/mol. The number of halogens is 2. The quantitative estimate of drug-likeness (QED) is 0.786. The van der Waals surface area contributed by atoms with Gasteiger partial charge in [0.05, 0.1) is 10.8 Å². The molecule has 0 saturated heterocycles. The van der Waals surface area contributed by atoms with Gasteiger partial charge in [0.15, 0.2) is 0 Å².